The molecule has 0 bridgehead atoms. The SMILES string of the molecule is COC(=O)/C(Cl)=C/c1cc(-n2c(OC)nc(C(F)(F)F)cc2=O)ccc1Cl. The molecule has 0 aliphatic rings. The van der Waals surface area contributed by atoms with Crippen molar-refractivity contribution >= 4 is 35.2 Å². The van der Waals surface area contributed by atoms with Crippen LogP contribution in [0, 0.1) is 0 Å². The van der Waals surface area contributed by atoms with E-state index in [0.29, 0.717) is 6.07 Å². The number of carbonyl (C=O) groups excluding carboxylic acids is 1. The summed E-state index contributed by atoms with van der Waals surface area (Å²) in [5.41, 5.74) is -2.09. The van der Waals surface area contributed by atoms with Crippen LogP contribution >= 0.6 is 23.2 Å². The first-order chi connectivity index (χ1) is 12.6. The normalized spacial score (nSPS) is 12.0. The number of esters is 1. The van der Waals surface area contributed by atoms with Crippen molar-refractivity contribution in [3.63, 3.8) is 0 Å². The first kappa shape index (κ1) is 20.8. The standard InChI is InChI=1S/C16H11Cl2F3N2O4/c1-26-14(25)11(18)6-8-5-9(3-4-10(8)17)23-13(24)7-12(16(19,20)21)22-15(23)27-2/h3-7H,1-2H3/b11-6-. The number of rotatable bonds is 4. The van der Waals surface area contributed by atoms with Gasteiger partial charge in [-0.05, 0) is 29.8 Å². The summed E-state index contributed by atoms with van der Waals surface area (Å²) in [6.45, 7) is 0. The number of nitrogens with zero attached hydrogens (tertiary/aromatic N) is 2. The molecule has 1 aromatic carbocycles. The van der Waals surface area contributed by atoms with Crippen LogP contribution in [0.1, 0.15) is 11.3 Å². The molecule has 2 aromatic rings. The number of hydrogen-bond donors (Lipinski definition) is 0. The van der Waals surface area contributed by atoms with Gasteiger partial charge in [0.05, 0.1) is 19.9 Å². The number of halogens is 5. The first-order valence-electron chi connectivity index (χ1n) is 7.09. The molecule has 2 rings (SSSR count). The molecule has 0 aliphatic heterocycles. The molecule has 0 fully saturated rings. The Balaban J connectivity index is 2.65. The average molecular weight is 423 g/mol. The molecule has 0 saturated heterocycles. The Morgan fingerprint density at radius 1 is 1.26 bits per heavy atom. The van der Waals surface area contributed by atoms with E-state index < -0.39 is 29.4 Å². The van der Waals surface area contributed by atoms with Crippen LogP contribution < -0.4 is 10.3 Å². The molecule has 1 heterocycles. The number of hydrogen-bond acceptors (Lipinski definition) is 5. The predicted molar refractivity (Wildman–Crippen MR) is 92.2 cm³/mol. The lowest BCUT2D eigenvalue weighted by Crippen LogP contribution is -2.24. The molecule has 27 heavy (non-hydrogen) atoms. The van der Waals surface area contributed by atoms with Crippen LogP contribution in [0.4, 0.5) is 13.2 Å². The lowest BCUT2D eigenvalue weighted by molar-refractivity contribution is -0.141. The topological polar surface area (TPSA) is 70.4 Å². The van der Waals surface area contributed by atoms with E-state index in [-0.39, 0.29) is 21.3 Å². The highest BCUT2D eigenvalue weighted by Crippen LogP contribution is 2.29. The summed E-state index contributed by atoms with van der Waals surface area (Å²) in [4.78, 5) is 27.0. The van der Waals surface area contributed by atoms with Crippen molar-refractivity contribution in [3.8, 4) is 11.7 Å². The quantitative estimate of drug-likeness (QED) is 0.555. The minimum absolute atomic E-state index is 0.100. The maximum absolute atomic E-state index is 12.8. The second kappa shape index (κ2) is 8.01. The number of methoxy groups -OCH3 is 2. The average Bonchev–Trinajstić information content (AvgIpc) is 2.61. The third kappa shape index (κ3) is 4.61. The van der Waals surface area contributed by atoms with E-state index in [9.17, 15) is 22.8 Å². The maximum atomic E-state index is 12.8. The van der Waals surface area contributed by atoms with E-state index >= 15 is 0 Å². The predicted octanol–water partition coefficient (Wildman–Crippen LogP) is 3.67. The summed E-state index contributed by atoms with van der Waals surface area (Å²) in [5, 5.41) is -0.117. The zero-order valence-electron chi connectivity index (χ0n) is 13.8. The van der Waals surface area contributed by atoms with Gasteiger partial charge in [-0.3, -0.25) is 4.79 Å². The van der Waals surface area contributed by atoms with Crippen molar-refractivity contribution in [2.45, 2.75) is 6.18 Å². The Labute approximate surface area is 160 Å². The van der Waals surface area contributed by atoms with Gasteiger partial charge in [0.25, 0.3) is 5.56 Å². The van der Waals surface area contributed by atoms with Gasteiger partial charge in [0.15, 0.2) is 5.69 Å². The van der Waals surface area contributed by atoms with Gasteiger partial charge in [0, 0.05) is 11.1 Å². The minimum atomic E-state index is -4.81. The summed E-state index contributed by atoms with van der Waals surface area (Å²) in [5.74, 6) is -0.816. The fourth-order valence-electron chi connectivity index (χ4n) is 2.05. The van der Waals surface area contributed by atoms with E-state index in [1.54, 1.807) is 0 Å². The van der Waals surface area contributed by atoms with Gasteiger partial charge in [-0.1, -0.05) is 23.2 Å². The summed E-state index contributed by atoms with van der Waals surface area (Å²) in [6, 6.07) is 3.82. The Morgan fingerprint density at radius 2 is 1.93 bits per heavy atom. The van der Waals surface area contributed by atoms with Crippen molar-refractivity contribution in [2.24, 2.45) is 0 Å². The molecular formula is C16H11Cl2F3N2O4. The molecule has 0 radical (unpaired) electrons. The third-order valence-corrected chi connectivity index (χ3v) is 3.87. The van der Waals surface area contributed by atoms with Crippen LogP contribution in [0.5, 0.6) is 6.01 Å². The van der Waals surface area contributed by atoms with E-state index in [1.165, 1.54) is 24.3 Å². The van der Waals surface area contributed by atoms with Crippen molar-refractivity contribution < 1.29 is 27.4 Å². The number of ether oxygens (including phenoxy) is 2. The second-order valence-electron chi connectivity index (χ2n) is 4.99. The van der Waals surface area contributed by atoms with Crippen LogP contribution in [0.2, 0.25) is 5.02 Å². The Morgan fingerprint density at radius 3 is 2.48 bits per heavy atom. The highest BCUT2D eigenvalue weighted by Gasteiger charge is 2.34. The molecule has 0 unspecified atom stereocenters. The molecule has 0 spiro atoms. The molecule has 144 valence electrons. The number of aromatic nitrogens is 2. The third-order valence-electron chi connectivity index (χ3n) is 3.26. The highest BCUT2D eigenvalue weighted by atomic mass is 35.5. The molecule has 11 heteroatoms. The fraction of sp³-hybridized carbons (Fsp3) is 0.188. The van der Waals surface area contributed by atoms with Crippen LogP contribution in [0.15, 0.2) is 34.1 Å². The minimum Gasteiger partial charge on any atom is -0.468 e. The number of benzene rings is 1. The maximum Gasteiger partial charge on any atom is 0.433 e. The molecule has 0 amide bonds. The summed E-state index contributed by atoms with van der Waals surface area (Å²) < 4.78 is 48.6. The molecule has 6 nitrogen and oxygen atoms in total. The molecule has 0 atom stereocenters. The van der Waals surface area contributed by atoms with Crippen LogP contribution in [0.3, 0.4) is 0 Å². The van der Waals surface area contributed by atoms with Crippen LogP contribution in [-0.4, -0.2) is 29.7 Å². The smallest absolute Gasteiger partial charge is 0.433 e. The van der Waals surface area contributed by atoms with E-state index in [0.717, 1.165) is 18.8 Å². The first-order valence-corrected chi connectivity index (χ1v) is 7.84. The van der Waals surface area contributed by atoms with Crippen molar-refractivity contribution in [1.29, 1.82) is 0 Å². The van der Waals surface area contributed by atoms with Gasteiger partial charge < -0.3 is 9.47 Å². The molecule has 0 aliphatic carbocycles. The molecular weight excluding hydrogens is 412 g/mol. The van der Waals surface area contributed by atoms with Crippen LogP contribution in [0.25, 0.3) is 11.8 Å². The second-order valence-corrected chi connectivity index (χ2v) is 5.80. The Bertz CT molecular complexity index is 971. The van der Waals surface area contributed by atoms with Crippen LogP contribution in [-0.2, 0) is 15.7 Å². The lowest BCUT2D eigenvalue weighted by Gasteiger charge is -2.14. The van der Waals surface area contributed by atoms with E-state index in [2.05, 4.69) is 9.72 Å². The zero-order chi connectivity index (χ0) is 20.4. The van der Waals surface area contributed by atoms with Gasteiger partial charge >= 0.3 is 18.2 Å². The molecule has 0 saturated carbocycles. The molecule has 0 N–H and O–H groups in total. The zero-order valence-corrected chi connectivity index (χ0v) is 15.3. The van der Waals surface area contributed by atoms with Gasteiger partial charge in [-0.25, -0.2) is 9.36 Å². The van der Waals surface area contributed by atoms with Crippen molar-refractivity contribution in [2.75, 3.05) is 14.2 Å². The highest BCUT2D eigenvalue weighted by molar-refractivity contribution is 6.43. The van der Waals surface area contributed by atoms with Gasteiger partial charge in [-0.2, -0.15) is 18.2 Å². The summed E-state index contributed by atoms with van der Waals surface area (Å²) in [6.07, 6.45) is -3.62. The monoisotopic (exact) mass is 422 g/mol. The largest absolute Gasteiger partial charge is 0.468 e. The summed E-state index contributed by atoms with van der Waals surface area (Å²) in [7, 11) is 2.21. The fourth-order valence-corrected chi connectivity index (χ4v) is 2.42. The number of carbonyl (C=O) groups is 1. The van der Waals surface area contributed by atoms with Gasteiger partial charge in [0.2, 0.25) is 0 Å². The van der Waals surface area contributed by atoms with E-state index in [4.69, 9.17) is 27.9 Å². The number of alkyl halides is 3. The van der Waals surface area contributed by atoms with Crippen molar-refractivity contribution in [1.82, 2.24) is 9.55 Å². The lowest BCUT2D eigenvalue weighted by atomic mass is 10.1. The van der Waals surface area contributed by atoms with E-state index in [1.807, 2.05) is 0 Å². The van der Waals surface area contributed by atoms with Crippen molar-refractivity contribution in [3.05, 3.63) is 55.9 Å². The van der Waals surface area contributed by atoms with Gasteiger partial charge in [-0.15, -0.1) is 0 Å². The Hall–Kier alpha value is -2.52. The molecule has 1 aromatic heterocycles. The summed E-state index contributed by atoms with van der Waals surface area (Å²) >= 11 is 11.8. The van der Waals surface area contributed by atoms with Gasteiger partial charge in [0.1, 0.15) is 5.03 Å². The Kier molecular flexibility index (Phi) is 6.17.